The van der Waals surface area contributed by atoms with Crippen molar-refractivity contribution in [1.82, 2.24) is 4.90 Å². The van der Waals surface area contributed by atoms with Crippen LogP contribution in [0, 0.1) is 5.92 Å². The quantitative estimate of drug-likeness (QED) is 0.827. The smallest absolute Gasteiger partial charge is 0.308 e. The SMILES string of the molecule is C[C@H](OC[C@@H]1CCCCO1)C(=O)N1CCC[C@@H](C(=O)O)C1. The number of nitrogens with zero attached hydrogens (tertiary/aromatic N) is 1. The number of carboxylic acid groups (broad SMARTS) is 1. The van der Waals surface area contributed by atoms with E-state index in [-0.39, 0.29) is 12.0 Å². The maximum Gasteiger partial charge on any atom is 0.308 e. The third-order valence-electron chi connectivity index (χ3n) is 4.24. The zero-order valence-electron chi connectivity index (χ0n) is 12.6. The second kappa shape index (κ2) is 7.75. The van der Waals surface area contributed by atoms with Crippen LogP contribution in [0.15, 0.2) is 0 Å². The fourth-order valence-electron chi connectivity index (χ4n) is 2.90. The zero-order valence-corrected chi connectivity index (χ0v) is 12.6. The third kappa shape index (κ3) is 4.68. The van der Waals surface area contributed by atoms with Crippen molar-refractivity contribution in [2.45, 2.75) is 51.2 Å². The van der Waals surface area contributed by atoms with Gasteiger partial charge in [-0.1, -0.05) is 0 Å². The molecule has 0 spiro atoms. The van der Waals surface area contributed by atoms with Crippen LogP contribution >= 0.6 is 0 Å². The largest absolute Gasteiger partial charge is 0.481 e. The third-order valence-corrected chi connectivity index (χ3v) is 4.24. The molecule has 2 saturated heterocycles. The molecule has 6 nitrogen and oxygen atoms in total. The van der Waals surface area contributed by atoms with Crippen LogP contribution in [0.5, 0.6) is 0 Å². The average molecular weight is 299 g/mol. The highest BCUT2D eigenvalue weighted by Crippen LogP contribution is 2.18. The number of carbonyl (C=O) groups excluding carboxylic acids is 1. The molecule has 21 heavy (non-hydrogen) atoms. The highest BCUT2D eigenvalue weighted by atomic mass is 16.5. The number of amides is 1. The molecule has 1 amide bonds. The summed E-state index contributed by atoms with van der Waals surface area (Å²) in [7, 11) is 0. The van der Waals surface area contributed by atoms with Gasteiger partial charge in [-0.15, -0.1) is 0 Å². The van der Waals surface area contributed by atoms with Gasteiger partial charge < -0.3 is 19.5 Å². The van der Waals surface area contributed by atoms with Crippen LogP contribution in [-0.4, -0.2) is 60.4 Å². The number of piperidine rings is 1. The number of hydrogen-bond acceptors (Lipinski definition) is 4. The summed E-state index contributed by atoms with van der Waals surface area (Å²) in [5.41, 5.74) is 0. The Morgan fingerprint density at radius 2 is 2.14 bits per heavy atom. The number of carbonyl (C=O) groups is 2. The van der Waals surface area contributed by atoms with Gasteiger partial charge >= 0.3 is 5.97 Å². The molecule has 2 rings (SSSR count). The lowest BCUT2D eigenvalue weighted by Crippen LogP contribution is -2.47. The normalized spacial score (nSPS) is 28.1. The van der Waals surface area contributed by atoms with Gasteiger partial charge in [-0.25, -0.2) is 0 Å². The topological polar surface area (TPSA) is 76.1 Å². The van der Waals surface area contributed by atoms with Crippen LogP contribution in [0.2, 0.25) is 0 Å². The van der Waals surface area contributed by atoms with E-state index in [0.717, 1.165) is 32.3 Å². The van der Waals surface area contributed by atoms with Gasteiger partial charge in [0.2, 0.25) is 0 Å². The Morgan fingerprint density at radius 1 is 1.33 bits per heavy atom. The summed E-state index contributed by atoms with van der Waals surface area (Å²) in [6, 6.07) is 0. The fourth-order valence-corrected chi connectivity index (χ4v) is 2.90. The number of ether oxygens (including phenoxy) is 2. The fraction of sp³-hybridized carbons (Fsp3) is 0.867. The predicted molar refractivity (Wildman–Crippen MR) is 75.9 cm³/mol. The van der Waals surface area contributed by atoms with Gasteiger partial charge in [0.25, 0.3) is 5.91 Å². The predicted octanol–water partition coefficient (Wildman–Crippen LogP) is 1.28. The first kappa shape index (κ1) is 16.2. The number of hydrogen-bond donors (Lipinski definition) is 1. The molecule has 0 bridgehead atoms. The molecule has 0 unspecified atom stereocenters. The molecule has 2 heterocycles. The van der Waals surface area contributed by atoms with E-state index < -0.39 is 18.0 Å². The minimum Gasteiger partial charge on any atom is -0.481 e. The van der Waals surface area contributed by atoms with Crippen LogP contribution in [-0.2, 0) is 19.1 Å². The molecule has 0 saturated carbocycles. The highest BCUT2D eigenvalue weighted by molar-refractivity contribution is 5.81. The van der Waals surface area contributed by atoms with E-state index in [1.807, 2.05) is 0 Å². The number of likely N-dealkylation sites (tertiary alicyclic amines) is 1. The van der Waals surface area contributed by atoms with Gasteiger partial charge in [0.15, 0.2) is 0 Å². The Labute approximate surface area is 125 Å². The summed E-state index contributed by atoms with van der Waals surface area (Å²) in [5, 5.41) is 9.06. The van der Waals surface area contributed by atoms with Gasteiger partial charge in [-0.2, -0.15) is 0 Å². The lowest BCUT2D eigenvalue weighted by Gasteiger charge is -2.33. The van der Waals surface area contributed by atoms with Crippen LogP contribution in [0.1, 0.15) is 39.0 Å². The van der Waals surface area contributed by atoms with Crippen LogP contribution in [0.4, 0.5) is 0 Å². The molecule has 0 aromatic rings. The van der Waals surface area contributed by atoms with Gasteiger partial charge in [-0.05, 0) is 39.0 Å². The minimum absolute atomic E-state index is 0.0853. The van der Waals surface area contributed by atoms with Crippen LogP contribution in [0.3, 0.4) is 0 Å². The first-order valence-corrected chi connectivity index (χ1v) is 7.82. The molecule has 2 aliphatic rings. The Hall–Kier alpha value is -1.14. The summed E-state index contributed by atoms with van der Waals surface area (Å²) in [6.45, 7) is 3.85. The molecule has 6 heteroatoms. The van der Waals surface area contributed by atoms with Crippen LogP contribution in [0.25, 0.3) is 0 Å². The van der Waals surface area contributed by atoms with Crippen molar-refractivity contribution in [3.05, 3.63) is 0 Å². The van der Waals surface area contributed by atoms with Crippen molar-refractivity contribution < 1.29 is 24.2 Å². The standard InChI is InChI=1S/C15H25NO5/c1-11(21-10-13-6-2-3-8-20-13)14(17)16-7-4-5-12(9-16)15(18)19/h11-13H,2-10H2,1H3,(H,18,19)/t11-,12+,13-/m0/s1. The maximum atomic E-state index is 12.3. The Morgan fingerprint density at radius 3 is 2.81 bits per heavy atom. The summed E-state index contributed by atoms with van der Waals surface area (Å²) >= 11 is 0. The van der Waals surface area contributed by atoms with E-state index in [1.54, 1.807) is 11.8 Å². The van der Waals surface area contributed by atoms with Crippen molar-refractivity contribution in [2.75, 3.05) is 26.3 Å². The molecular weight excluding hydrogens is 274 g/mol. The molecular formula is C15H25NO5. The molecule has 0 aromatic heterocycles. The molecule has 0 aromatic carbocycles. The lowest BCUT2D eigenvalue weighted by atomic mass is 9.98. The van der Waals surface area contributed by atoms with E-state index in [2.05, 4.69) is 0 Å². The minimum atomic E-state index is -0.823. The lowest BCUT2D eigenvalue weighted by molar-refractivity contribution is -0.151. The zero-order chi connectivity index (χ0) is 15.2. The molecule has 2 aliphatic heterocycles. The van der Waals surface area contributed by atoms with E-state index in [1.165, 1.54) is 0 Å². The summed E-state index contributed by atoms with van der Waals surface area (Å²) < 4.78 is 11.2. The number of rotatable bonds is 5. The van der Waals surface area contributed by atoms with E-state index in [9.17, 15) is 9.59 Å². The average Bonchev–Trinajstić information content (AvgIpc) is 2.53. The summed E-state index contributed by atoms with van der Waals surface area (Å²) in [6.07, 6.45) is 4.14. The maximum absolute atomic E-state index is 12.3. The Bertz CT molecular complexity index is 367. The molecule has 1 N–H and O–H groups in total. The van der Waals surface area contributed by atoms with Crippen molar-refractivity contribution in [3.63, 3.8) is 0 Å². The number of carboxylic acids is 1. The first-order chi connectivity index (χ1) is 10.1. The molecule has 3 atom stereocenters. The van der Waals surface area contributed by atoms with Gasteiger partial charge in [0.05, 0.1) is 18.6 Å². The second-order valence-electron chi connectivity index (χ2n) is 5.93. The van der Waals surface area contributed by atoms with Crippen molar-refractivity contribution >= 4 is 11.9 Å². The van der Waals surface area contributed by atoms with Crippen LogP contribution < -0.4 is 0 Å². The summed E-state index contributed by atoms with van der Waals surface area (Å²) in [5.74, 6) is -1.38. The first-order valence-electron chi connectivity index (χ1n) is 7.82. The van der Waals surface area contributed by atoms with E-state index in [0.29, 0.717) is 26.1 Å². The van der Waals surface area contributed by atoms with Gasteiger partial charge in [-0.3, -0.25) is 9.59 Å². The van der Waals surface area contributed by atoms with E-state index >= 15 is 0 Å². The molecule has 2 fully saturated rings. The molecule has 0 radical (unpaired) electrons. The van der Waals surface area contributed by atoms with Gasteiger partial charge in [0, 0.05) is 19.7 Å². The molecule has 0 aliphatic carbocycles. The Balaban J connectivity index is 1.76. The van der Waals surface area contributed by atoms with Gasteiger partial charge in [0.1, 0.15) is 6.10 Å². The van der Waals surface area contributed by atoms with Crippen molar-refractivity contribution in [3.8, 4) is 0 Å². The number of aliphatic carboxylic acids is 1. The Kier molecular flexibility index (Phi) is 5.99. The monoisotopic (exact) mass is 299 g/mol. The van der Waals surface area contributed by atoms with Crippen molar-refractivity contribution in [1.29, 1.82) is 0 Å². The second-order valence-corrected chi connectivity index (χ2v) is 5.93. The van der Waals surface area contributed by atoms with E-state index in [4.69, 9.17) is 14.6 Å². The molecule has 120 valence electrons. The summed E-state index contributed by atoms with van der Waals surface area (Å²) in [4.78, 5) is 25.0. The van der Waals surface area contributed by atoms with Crippen molar-refractivity contribution in [2.24, 2.45) is 5.92 Å². The highest BCUT2D eigenvalue weighted by Gasteiger charge is 2.30.